The molecular formula is C30H33ClF3N7O. The van der Waals surface area contributed by atoms with E-state index in [0.717, 1.165) is 40.3 Å². The Morgan fingerprint density at radius 3 is 2.67 bits per heavy atom. The van der Waals surface area contributed by atoms with Crippen LogP contribution in [0.15, 0.2) is 42.9 Å². The Hall–Kier alpha value is -3.44. The highest BCUT2D eigenvalue weighted by Crippen LogP contribution is 2.34. The predicted octanol–water partition coefficient (Wildman–Crippen LogP) is 6.02. The Morgan fingerprint density at radius 1 is 1.17 bits per heavy atom. The summed E-state index contributed by atoms with van der Waals surface area (Å²) in [5.74, 6) is 0.601. The molecule has 1 aliphatic heterocycles. The van der Waals surface area contributed by atoms with Crippen LogP contribution in [0, 0.1) is 5.92 Å². The lowest BCUT2D eigenvalue weighted by atomic mass is 9.85. The number of H-pyrrole nitrogens is 1. The van der Waals surface area contributed by atoms with Gasteiger partial charge in [-0.05, 0) is 49.4 Å². The third-order valence-corrected chi connectivity index (χ3v) is 8.88. The van der Waals surface area contributed by atoms with Crippen molar-refractivity contribution in [1.29, 1.82) is 0 Å². The number of nitrogens with one attached hydrogen (secondary N) is 1. The van der Waals surface area contributed by atoms with Crippen LogP contribution >= 0.6 is 11.6 Å². The van der Waals surface area contributed by atoms with Crippen LogP contribution in [0.3, 0.4) is 0 Å². The van der Waals surface area contributed by atoms with E-state index in [9.17, 15) is 18.0 Å². The van der Waals surface area contributed by atoms with Crippen LogP contribution in [-0.4, -0.2) is 72.8 Å². The molecule has 1 aliphatic carbocycles. The molecule has 0 radical (unpaired) electrons. The van der Waals surface area contributed by atoms with E-state index in [4.69, 9.17) is 16.6 Å². The SMILES string of the molecule is CC(c1ccnc(Cc2nc3c(Cl)c(-c4cnn(CC5CCC5)c4)ccc3[nH]2)c1)N1CCN(C(=O)CC(F)(F)F)CC1. The number of rotatable bonds is 8. The second-order valence-electron chi connectivity index (χ2n) is 11.4. The lowest BCUT2D eigenvalue weighted by molar-refractivity contribution is -0.162. The molecule has 6 rings (SSSR count). The number of benzene rings is 1. The number of carbonyl (C=O) groups is 1. The van der Waals surface area contributed by atoms with Crippen LogP contribution < -0.4 is 0 Å². The highest BCUT2D eigenvalue weighted by Gasteiger charge is 2.35. The van der Waals surface area contributed by atoms with Crippen LogP contribution in [0.4, 0.5) is 13.2 Å². The van der Waals surface area contributed by atoms with Crippen molar-refractivity contribution in [1.82, 2.24) is 34.5 Å². The van der Waals surface area contributed by atoms with Crippen LogP contribution in [0.25, 0.3) is 22.2 Å². The molecule has 2 aliphatic rings. The first-order valence-electron chi connectivity index (χ1n) is 14.4. The van der Waals surface area contributed by atoms with Gasteiger partial charge < -0.3 is 9.88 Å². The standard InChI is InChI=1S/C30H33ClF3N7O/c1-19(39-9-11-40(12-10-39)27(42)15-30(32,33)34)21-7-8-35-23(13-21)14-26-37-25-6-5-24(28(31)29(25)38-26)22-16-36-41(18-22)17-20-3-2-4-20/h5-8,13,16,18-20H,2-4,9-12,14-15,17H2,1H3,(H,37,38). The number of fused-ring (bicyclic) bond motifs is 1. The lowest BCUT2D eigenvalue weighted by Gasteiger charge is -2.38. The van der Waals surface area contributed by atoms with Crippen molar-refractivity contribution in [2.24, 2.45) is 5.92 Å². The third-order valence-electron chi connectivity index (χ3n) is 8.49. The van der Waals surface area contributed by atoms with Crippen molar-refractivity contribution >= 4 is 28.5 Å². The van der Waals surface area contributed by atoms with Crippen LogP contribution in [0.1, 0.15) is 55.7 Å². The molecule has 1 aromatic carbocycles. The minimum absolute atomic E-state index is 0.0181. The van der Waals surface area contributed by atoms with Crippen molar-refractivity contribution in [3.05, 3.63) is 65.0 Å². The van der Waals surface area contributed by atoms with Gasteiger partial charge in [-0.25, -0.2) is 4.98 Å². The zero-order chi connectivity index (χ0) is 29.4. The van der Waals surface area contributed by atoms with Gasteiger partial charge in [0.1, 0.15) is 17.8 Å². The van der Waals surface area contributed by atoms with Gasteiger partial charge in [-0.2, -0.15) is 18.3 Å². The van der Waals surface area contributed by atoms with Crippen LogP contribution in [0.5, 0.6) is 0 Å². The van der Waals surface area contributed by atoms with Gasteiger partial charge in [0.15, 0.2) is 0 Å². The van der Waals surface area contributed by atoms with Gasteiger partial charge >= 0.3 is 6.18 Å². The number of alkyl halides is 3. The molecule has 1 atom stereocenters. The molecule has 1 saturated heterocycles. The Morgan fingerprint density at radius 2 is 1.95 bits per heavy atom. The minimum atomic E-state index is -4.48. The highest BCUT2D eigenvalue weighted by atomic mass is 35.5. The number of halogens is 4. The summed E-state index contributed by atoms with van der Waals surface area (Å²) >= 11 is 6.84. The van der Waals surface area contributed by atoms with Crippen molar-refractivity contribution < 1.29 is 18.0 Å². The molecule has 3 aromatic heterocycles. The van der Waals surface area contributed by atoms with Gasteiger partial charge in [0.05, 0.1) is 16.7 Å². The molecule has 222 valence electrons. The fraction of sp³-hybridized carbons (Fsp3) is 0.467. The van der Waals surface area contributed by atoms with Gasteiger partial charge in [-0.1, -0.05) is 24.1 Å². The summed E-state index contributed by atoms with van der Waals surface area (Å²) < 4.78 is 39.9. The summed E-state index contributed by atoms with van der Waals surface area (Å²) in [6, 6.07) is 7.98. The maximum atomic E-state index is 12.6. The monoisotopic (exact) mass is 599 g/mol. The van der Waals surface area contributed by atoms with Gasteiger partial charge in [-0.15, -0.1) is 0 Å². The van der Waals surface area contributed by atoms with E-state index in [1.165, 1.54) is 24.2 Å². The summed E-state index contributed by atoms with van der Waals surface area (Å²) in [5, 5.41) is 5.12. The largest absolute Gasteiger partial charge is 0.397 e. The van der Waals surface area contributed by atoms with Gasteiger partial charge in [0.2, 0.25) is 5.91 Å². The molecule has 8 nitrogen and oxygen atoms in total. The van der Waals surface area contributed by atoms with E-state index in [-0.39, 0.29) is 19.1 Å². The van der Waals surface area contributed by atoms with E-state index >= 15 is 0 Å². The number of amides is 1. The first kappa shape index (κ1) is 28.7. The van der Waals surface area contributed by atoms with E-state index in [0.29, 0.717) is 36.0 Å². The number of aromatic nitrogens is 5. The number of imidazole rings is 1. The fourth-order valence-electron chi connectivity index (χ4n) is 5.82. The van der Waals surface area contributed by atoms with Crippen molar-refractivity contribution in [3.8, 4) is 11.1 Å². The third kappa shape index (κ3) is 6.32. The number of carbonyl (C=O) groups excluding carboxylic acids is 1. The molecular weight excluding hydrogens is 567 g/mol. The first-order chi connectivity index (χ1) is 20.1. The summed E-state index contributed by atoms with van der Waals surface area (Å²) in [6.07, 6.45) is 4.10. The molecule has 4 heterocycles. The topological polar surface area (TPSA) is 82.9 Å². The molecule has 42 heavy (non-hydrogen) atoms. The number of piperazine rings is 1. The Labute approximate surface area is 246 Å². The van der Waals surface area contributed by atoms with Crippen molar-refractivity contribution in [2.45, 2.75) is 57.8 Å². The fourth-order valence-corrected chi connectivity index (χ4v) is 6.14. The second-order valence-corrected chi connectivity index (χ2v) is 11.8. The van der Waals surface area contributed by atoms with Crippen LogP contribution in [-0.2, 0) is 17.8 Å². The Balaban J connectivity index is 1.11. The molecule has 2 fully saturated rings. The highest BCUT2D eigenvalue weighted by molar-refractivity contribution is 6.37. The van der Waals surface area contributed by atoms with E-state index < -0.39 is 18.5 Å². The predicted molar refractivity (Wildman–Crippen MR) is 154 cm³/mol. The zero-order valence-electron chi connectivity index (χ0n) is 23.4. The summed E-state index contributed by atoms with van der Waals surface area (Å²) in [5.41, 5.74) is 5.31. The summed E-state index contributed by atoms with van der Waals surface area (Å²) in [6.45, 7) is 4.57. The molecule has 1 saturated carbocycles. The second kappa shape index (κ2) is 11.7. The number of hydrogen-bond acceptors (Lipinski definition) is 5. The van der Waals surface area contributed by atoms with Crippen molar-refractivity contribution in [2.75, 3.05) is 26.2 Å². The van der Waals surface area contributed by atoms with Crippen LogP contribution in [0.2, 0.25) is 5.02 Å². The van der Waals surface area contributed by atoms with E-state index in [1.54, 1.807) is 6.20 Å². The number of nitrogens with zero attached hydrogens (tertiary/aromatic N) is 6. The van der Waals surface area contributed by atoms with Gasteiger partial charge in [-0.3, -0.25) is 19.4 Å². The molecule has 0 spiro atoms. The summed E-state index contributed by atoms with van der Waals surface area (Å²) in [4.78, 5) is 28.2. The van der Waals surface area contributed by atoms with E-state index in [1.807, 2.05) is 35.1 Å². The van der Waals surface area contributed by atoms with Crippen molar-refractivity contribution in [3.63, 3.8) is 0 Å². The number of hydrogen-bond donors (Lipinski definition) is 1. The molecule has 0 bridgehead atoms. The quantitative estimate of drug-likeness (QED) is 0.268. The Kier molecular flexibility index (Phi) is 7.97. The zero-order valence-corrected chi connectivity index (χ0v) is 24.1. The van der Waals surface area contributed by atoms with Gasteiger partial charge in [0.25, 0.3) is 0 Å². The molecule has 1 N–H and O–H groups in total. The molecule has 1 amide bonds. The normalized spacial score (nSPS) is 17.5. The number of aromatic amines is 1. The molecule has 4 aromatic rings. The smallest absolute Gasteiger partial charge is 0.342 e. The maximum Gasteiger partial charge on any atom is 0.397 e. The summed E-state index contributed by atoms with van der Waals surface area (Å²) in [7, 11) is 0. The first-order valence-corrected chi connectivity index (χ1v) is 14.7. The Bertz CT molecular complexity index is 1570. The van der Waals surface area contributed by atoms with Gasteiger partial charge in [0, 0.05) is 74.4 Å². The average Bonchev–Trinajstić information content (AvgIpc) is 3.57. The average molecular weight is 600 g/mol. The molecule has 1 unspecified atom stereocenters. The molecule has 12 heteroatoms. The van der Waals surface area contributed by atoms with E-state index in [2.05, 4.69) is 33.1 Å². The minimum Gasteiger partial charge on any atom is -0.342 e. The maximum absolute atomic E-state index is 12.6. The number of pyridine rings is 1. The lowest BCUT2D eigenvalue weighted by Crippen LogP contribution is -2.50.